The molecule has 0 atom stereocenters. The number of nitrogens with two attached hydrogens (primary N) is 1. The van der Waals surface area contributed by atoms with Crippen LogP contribution < -0.4 is 11.1 Å². The largest absolute Gasteiger partial charge is 0.391 e. The Kier molecular flexibility index (Phi) is 4.80. The Balaban J connectivity index is 1.92. The third-order valence-electron chi connectivity index (χ3n) is 4.85. The zero-order valence-electron chi connectivity index (χ0n) is 11.8. The second-order valence-corrected chi connectivity index (χ2v) is 6.67. The summed E-state index contributed by atoms with van der Waals surface area (Å²) in [6.07, 6.45) is -0.155. The molecule has 1 amide bonds. The normalized spacial score (nSPS) is 29.1. The highest BCUT2D eigenvalue weighted by Gasteiger charge is 2.44. The fourth-order valence-corrected chi connectivity index (χ4v) is 3.69. The van der Waals surface area contributed by atoms with Gasteiger partial charge in [-0.15, -0.1) is 0 Å². The fraction of sp³-hybridized carbons (Fsp3) is 0.857. The van der Waals surface area contributed by atoms with Gasteiger partial charge < -0.3 is 11.1 Å². The highest BCUT2D eigenvalue weighted by Crippen LogP contribution is 2.40. The van der Waals surface area contributed by atoms with Gasteiger partial charge in [-0.1, -0.05) is 25.1 Å². The molecule has 0 radical (unpaired) electrons. The molecule has 0 aromatic rings. The van der Waals surface area contributed by atoms with Crippen LogP contribution in [0.15, 0.2) is 0 Å². The topological polar surface area (TPSA) is 55.1 Å². The molecule has 2 aliphatic carbocycles. The predicted molar refractivity (Wildman–Crippen MR) is 77.6 cm³/mol. The second kappa shape index (κ2) is 6.10. The van der Waals surface area contributed by atoms with Gasteiger partial charge in [-0.05, 0) is 38.5 Å². The molecule has 0 aromatic carbocycles. The lowest BCUT2D eigenvalue weighted by Gasteiger charge is -2.34. The van der Waals surface area contributed by atoms with E-state index in [0.717, 1.165) is 25.7 Å². The molecule has 2 aliphatic rings. The van der Waals surface area contributed by atoms with Gasteiger partial charge in [-0.2, -0.15) is 13.2 Å². The molecule has 0 saturated heterocycles. The molecule has 2 rings (SSSR count). The molecule has 0 heterocycles. The van der Waals surface area contributed by atoms with Gasteiger partial charge in [-0.3, -0.25) is 4.79 Å². The van der Waals surface area contributed by atoms with Crippen LogP contribution in [0.3, 0.4) is 0 Å². The van der Waals surface area contributed by atoms with E-state index in [0.29, 0.717) is 0 Å². The van der Waals surface area contributed by atoms with Crippen LogP contribution in [0, 0.1) is 11.8 Å². The molecule has 120 valence electrons. The van der Waals surface area contributed by atoms with Crippen LogP contribution in [0.25, 0.3) is 0 Å². The standard InChI is InChI=1S/C14H21F3N2OS/c15-14(16,17)10-5-3-9(4-6-10)11(20)19-13(12(18)21)7-1-2-8-13/h9-10H,1-8H2,(H2,18,21)(H,19,20). The Bertz CT molecular complexity index is 411. The quantitative estimate of drug-likeness (QED) is 0.785. The first-order valence-electron chi connectivity index (χ1n) is 7.43. The number of amides is 1. The van der Waals surface area contributed by atoms with E-state index in [2.05, 4.69) is 5.32 Å². The summed E-state index contributed by atoms with van der Waals surface area (Å²) in [6.45, 7) is 0. The highest BCUT2D eigenvalue weighted by molar-refractivity contribution is 7.80. The predicted octanol–water partition coefficient (Wildman–Crippen LogP) is 3.07. The minimum atomic E-state index is -4.15. The maximum absolute atomic E-state index is 12.6. The lowest BCUT2D eigenvalue weighted by Crippen LogP contribution is -2.56. The Hall–Kier alpha value is -0.850. The lowest BCUT2D eigenvalue weighted by atomic mass is 9.80. The third kappa shape index (κ3) is 3.67. The SMILES string of the molecule is NC(=S)C1(NC(=O)C2CCC(C(F)(F)F)CC2)CCCC1. The van der Waals surface area contributed by atoms with E-state index < -0.39 is 17.6 Å². The number of thiocarbonyl (C=S) groups is 1. The fourth-order valence-electron chi connectivity index (χ4n) is 3.43. The van der Waals surface area contributed by atoms with Crippen molar-refractivity contribution in [1.29, 1.82) is 0 Å². The van der Waals surface area contributed by atoms with Crippen molar-refractivity contribution in [3.05, 3.63) is 0 Å². The van der Waals surface area contributed by atoms with E-state index >= 15 is 0 Å². The number of nitrogens with one attached hydrogen (secondary N) is 1. The van der Waals surface area contributed by atoms with Gasteiger partial charge in [0.25, 0.3) is 0 Å². The van der Waals surface area contributed by atoms with Gasteiger partial charge in [0.15, 0.2) is 0 Å². The van der Waals surface area contributed by atoms with Gasteiger partial charge in [0.1, 0.15) is 0 Å². The van der Waals surface area contributed by atoms with Crippen molar-refractivity contribution >= 4 is 23.1 Å². The monoisotopic (exact) mass is 322 g/mol. The van der Waals surface area contributed by atoms with Crippen LogP contribution in [-0.4, -0.2) is 22.6 Å². The van der Waals surface area contributed by atoms with Crippen molar-refractivity contribution in [3.8, 4) is 0 Å². The molecule has 7 heteroatoms. The maximum atomic E-state index is 12.6. The number of halogens is 3. The van der Waals surface area contributed by atoms with E-state index in [-0.39, 0.29) is 42.5 Å². The van der Waals surface area contributed by atoms with Gasteiger partial charge in [0, 0.05) is 5.92 Å². The van der Waals surface area contributed by atoms with Crippen molar-refractivity contribution in [2.75, 3.05) is 0 Å². The number of rotatable bonds is 3. The number of alkyl halides is 3. The smallest absolute Gasteiger partial charge is 0.391 e. The van der Waals surface area contributed by atoms with Crippen molar-refractivity contribution in [3.63, 3.8) is 0 Å². The van der Waals surface area contributed by atoms with E-state index in [1.165, 1.54) is 0 Å². The molecule has 3 nitrogen and oxygen atoms in total. The number of carbonyl (C=O) groups excluding carboxylic acids is 1. The first-order valence-corrected chi connectivity index (χ1v) is 7.84. The van der Waals surface area contributed by atoms with Crippen LogP contribution in [0.5, 0.6) is 0 Å². The number of carbonyl (C=O) groups is 1. The van der Waals surface area contributed by atoms with Gasteiger partial charge >= 0.3 is 6.18 Å². The van der Waals surface area contributed by atoms with Crippen LogP contribution in [0.4, 0.5) is 13.2 Å². The molecule has 3 N–H and O–H groups in total. The molecule has 0 bridgehead atoms. The Morgan fingerprint density at radius 1 is 1.14 bits per heavy atom. The first-order chi connectivity index (χ1) is 9.74. The number of hydrogen-bond acceptors (Lipinski definition) is 2. The minimum Gasteiger partial charge on any atom is -0.391 e. The van der Waals surface area contributed by atoms with E-state index in [1.807, 2.05) is 0 Å². The average Bonchev–Trinajstić information content (AvgIpc) is 2.88. The first kappa shape index (κ1) is 16.5. The number of hydrogen-bond donors (Lipinski definition) is 2. The molecule has 2 fully saturated rings. The summed E-state index contributed by atoms with van der Waals surface area (Å²) in [7, 11) is 0. The molecule has 2 saturated carbocycles. The molecule has 21 heavy (non-hydrogen) atoms. The molecule has 0 aliphatic heterocycles. The summed E-state index contributed by atoms with van der Waals surface area (Å²) in [5.41, 5.74) is 5.14. The van der Waals surface area contributed by atoms with Crippen molar-refractivity contribution in [1.82, 2.24) is 5.32 Å². The molecular weight excluding hydrogens is 301 g/mol. The Morgan fingerprint density at radius 2 is 1.67 bits per heavy atom. The molecule has 0 unspecified atom stereocenters. The lowest BCUT2D eigenvalue weighted by molar-refractivity contribution is -0.184. The van der Waals surface area contributed by atoms with E-state index in [4.69, 9.17) is 18.0 Å². The van der Waals surface area contributed by atoms with Crippen LogP contribution >= 0.6 is 12.2 Å². The third-order valence-corrected chi connectivity index (χ3v) is 5.24. The summed E-state index contributed by atoms with van der Waals surface area (Å²) >= 11 is 5.07. The zero-order chi connectivity index (χ0) is 15.7. The van der Waals surface area contributed by atoms with Crippen LogP contribution in [-0.2, 0) is 4.79 Å². The summed E-state index contributed by atoms with van der Waals surface area (Å²) in [4.78, 5) is 12.6. The summed E-state index contributed by atoms with van der Waals surface area (Å²) in [5.74, 6) is -1.81. The van der Waals surface area contributed by atoms with Gasteiger partial charge in [-0.25, -0.2) is 0 Å². The summed E-state index contributed by atoms with van der Waals surface area (Å²) in [6, 6.07) is 0. The maximum Gasteiger partial charge on any atom is 0.391 e. The molecular formula is C14H21F3N2OS. The minimum absolute atomic E-state index is 0.0294. The van der Waals surface area contributed by atoms with Gasteiger partial charge in [0.2, 0.25) is 5.91 Å². The van der Waals surface area contributed by atoms with Crippen LogP contribution in [0.1, 0.15) is 51.4 Å². The van der Waals surface area contributed by atoms with Gasteiger partial charge in [0.05, 0.1) is 16.4 Å². The Labute approximate surface area is 127 Å². The molecule has 0 aromatic heterocycles. The zero-order valence-corrected chi connectivity index (χ0v) is 12.7. The van der Waals surface area contributed by atoms with Crippen molar-refractivity contribution < 1.29 is 18.0 Å². The van der Waals surface area contributed by atoms with Crippen molar-refractivity contribution in [2.45, 2.75) is 63.1 Å². The second-order valence-electron chi connectivity index (χ2n) is 6.23. The highest BCUT2D eigenvalue weighted by atomic mass is 32.1. The van der Waals surface area contributed by atoms with Crippen molar-refractivity contribution in [2.24, 2.45) is 17.6 Å². The average molecular weight is 322 g/mol. The van der Waals surface area contributed by atoms with Crippen LogP contribution in [0.2, 0.25) is 0 Å². The summed E-state index contributed by atoms with van der Waals surface area (Å²) < 4.78 is 37.9. The summed E-state index contributed by atoms with van der Waals surface area (Å²) in [5, 5.41) is 2.93. The van der Waals surface area contributed by atoms with E-state index in [1.54, 1.807) is 0 Å². The molecule has 0 spiro atoms. The van der Waals surface area contributed by atoms with E-state index in [9.17, 15) is 18.0 Å². The Morgan fingerprint density at radius 3 is 2.10 bits per heavy atom.